The molecule has 90 valence electrons. The van der Waals surface area contributed by atoms with Crippen molar-refractivity contribution >= 4 is 11.2 Å². The maximum atomic E-state index is 5.32. The van der Waals surface area contributed by atoms with E-state index >= 15 is 0 Å². The van der Waals surface area contributed by atoms with Crippen molar-refractivity contribution in [3.8, 4) is 11.6 Å². The Morgan fingerprint density at radius 1 is 1.17 bits per heavy atom. The van der Waals surface area contributed by atoms with Crippen molar-refractivity contribution in [3.63, 3.8) is 0 Å². The maximum absolute atomic E-state index is 5.32. The van der Waals surface area contributed by atoms with Gasteiger partial charge in [-0.1, -0.05) is 18.2 Å². The largest absolute Gasteiger partial charge is 0.477 e. The number of aromatic nitrogens is 4. The molecule has 0 saturated carbocycles. The van der Waals surface area contributed by atoms with E-state index in [4.69, 9.17) is 4.74 Å². The fourth-order valence-corrected chi connectivity index (χ4v) is 1.77. The summed E-state index contributed by atoms with van der Waals surface area (Å²) < 4.78 is 7.08. The van der Waals surface area contributed by atoms with Gasteiger partial charge in [-0.05, 0) is 19.1 Å². The van der Waals surface area contributed by atoms with Crippen LogP contribution in [0.4, 0.5) is 0 Å². The summed E-state index contributed by atoms with van der Waals surface area (Å²) in [6.07, 6.45) is 3.31. The molecule has 3 aromatic rings. The van der Waals surface area contributed by atoms with Crippen molar-refractivity contribution in [2.24, 2.45) is 0 Å². The minimum Gasteiger partial charge on any atom is -0.477 e. The molecule has 2 aromatic heterocycles. The zero-order chi connectivity index (χ0) is 12.4. The van der Waals surface area contributed by atoms with E-state index in [2.05, 4.69) is 15.1 Å². The Labute approximate surface area is 104 Å². The summed E-state index contributed by atoms with van der Waals surface area (Å²) in [5, 5.41) is 4.30. The molecule has 5 nitrogen and oxygen atoms in total. The average molecular weight is 240 g/mol. The Balaban J connectivity index is 2.10. The predicted molar refractivity (Wildman–Crippen MR) is 67.8 cm³/mol. The van der Waals surface area contributed by atoms with E-state index in [0.29, 0.717) is 12.5 Å². The van der Waals surface area contributed by atoms with Gasteiger partial charge in [0.1, 0.15) is 5.52 Å². The lowest BCUT2D eigenvalue weighted by atomic mass is 10.3. The normalized spacial score (nSPS) is 10.7. The molecule has 2 heterocycles. The fourth-order valence-electron chi connectivity index (χ4n) is 1.77. The summed E-state index contributed by atoms with van der Waals surface area (Å²) >= 11 is 0. The first-order valence-electron chi connectivity index (χ1n) is 5.77. The van der Waals surface area contributed by atoms with Gasteiger partial charge < -0.3 is 4.74 Å². The second-order valence-electron chi connectivity index (χ2n) is 3.74. The monoisotopic (exact) mass is 240 g/mol. The molecule has 0 aliphatic heterocycles. The molecule has 0 amide bonds. The molecule has 0 spiro atoms. The van der Waals surface area contributed by atoms with Crippen molar-refractivity contribution in [2.75, 3.05) is 6.61 Å². The summed E-state index contributed by atoms with van der Waals surface area (Å²) in [6.45, 7) is 2.49. The second kappa shape index (κ2) is 4.44. The minimum atomic E-state index is 0.526. The number of fused-ring (bicyclic) bond motifs is 1. The first-order valence-corrected chi connectivity index (χ1v) is 5.77. The molecule has 0 fully saturated rings. The van der Waals surface area contributed by atoms with Crippen LogP contribution in [-0.2, 0) is 0 Å². The Bertz CT molecular complexity index is 663. The summed E-state index contributed by atoms with van der Waals surface area (Å²) in [7, 11) is 0. The van der Waals surface area contributed by atoms with E-state index in [9.17, 15) is 0 Å². The maximum Gasteiger partial charge on any atom is 0.233 e. The first kappa shape index (κ1) is 10.7. The summed E-state index contributed by atoms with van der Waals surface area (Å²) in [5.41, 5.74) is 2.42. The van der Waals surface area contributed by atoms with Crippen molar-refractivity contribution < 1.29 is 4.74 Å². The topological polar surface area (TPSA) is 52.8 Å². The van der Waals surface area contributed by atoms with Crippen molar-refractivity contribution in [1.82, 2.24) is 19.7 Å². The molecule has 0 aliphatic rings. The Hall–Kier alpha value is -2.43. The van der Waals surface area contributed by atoms with Gasteiger partial charge in [-0.15, -0.1) is 0 Å². The van der Waals surface area contributed by atoms with Crippen LogP contribution in [0.2, 0.25) is 0 Å². The smallest absolute Gasteiger partial charge is 0.233 e. The quantitative estimate of drug-likeness (QED) is 0.704. The number of nitrogens with zero attached hydrogens (tertiary/aromatic N) is 4. The lowest BCUT2D eigenvalue weighted by molar-refractivity contribution is 0.326. The van der Waals surface area contributed by atoms with Crippen molar-refractivity contribution in [2.45, 2.75) is 6.92 Å². The van der Waals surface area contributed by atoms with Gasteiger partial charge in [0.05, 0.1) is 24.7 Å². The highest BCUT2D eigenvalue weighted by molar-refractivity contribution is 5.71. The van der Waals surface area contributed by atoms with Crippen LogP contribution in [0.25, 0.3) is 16.9 Å². The molecule has 0 bridgehead atoms. The van der Waals surface area contributed by atoms with E-state index in [1.165, 1.54) is 0 Å². The molecule has 0 N–H and O–H groups in total. The van der Waals surface area contributed by atoms with Crippen LogP contribution in [0, 0.1) is 0 Å². The number of benzene rings is 1. The van der Waals surface area contributed by atoms with Crippen molar-refractivity contribution in [3.05, 3.63) is 42.7 Å². The van der Waals surface area contributed by atoms with E-state index in [1.807, 2.05) is 37.3 Å². The molecular formula is C13H12N4O. The van der Waals surface area contributed by atoms with Crippen LogP contribution in [0.5, 0.6) is 5.88 Å². The second-order valence-corrected chi connectivity index (χ2v) is 3.74. The number of para-hydroxylation sites is 1. The molecule has 0 aliphatic carbocycles. The van der Waals surface area contributed by atoms with Crippen LogP contribution in [0.3, 0.4) is 0 Å². The van der Waals surface area contributed by atoms with E-state index in [0.717, 1.165) is 16.9 Å². The van der Waals surface area contributed by atoms with Gasteiger partial charge in [-0.3, -0.25) is 0 Å². The number of hydrogen-bond donors (Lipinski definition) is 0. The van der Waals surface area contributed by atoms with E-state index in [1.54, 1.807) is 17.1 Å². The summed E-state index contributed by atoms with van der Waals surface area (Å²) in [4.78, 5) is 8.69. The molecule has 0 atom stereocenters. The van der Waals surface area contributed by atoms with Gasteiger partial charge in [0.15, 0.2) is 5.65 Å². The number of ether oxygens (including phenoxy) is 1. The summed E-state index contributed by atoms with van der Waals surface area (Å²) in [5.74, 6) is 0.526. The third-order valence-corrected chi connectivity index (χ3v) is 2.55. The Morgan fingerprint density at radius 2 is 2.00 bits per heavy atom. The highest BCUT2D eigenvalue weighted by Gasteiger charge is 2.08. The predicted octanol–water partition coefficient (Wildman–Crippen LogP) is 2.21. The van der Waals surface area contributed by atoms with Gasteiger partial charge in [-0.2, -0.15) is 5.10 Å². The highest BCUT2D eigenvalue weighted by Crippen LogP contribution is 2.16. The van der Waals surface area contributed by atoms with Crippen LogP contribution in [0.1, 0.15) is 6.92 Å². The standard InChI is InChI=1S/C13H12N4O/c1-2-18-12-9-14-13-11(16-12)8-15-17(13)10-6-4-3-5-7-10/h3-9H,2H2,1H3. The lowest BCUT2D eigenvalue weighted by Gasteiger charge is -2.03. The Morgan fingerprint density at radius 3 is 2.78 bits per heavy atom. The Kier molecular flexibility index (Phi) is 2.64. The van der Waals surface area contributed by atoms with E-state index < -0.39 is 0 Å². The zero-order valence-corrected chi connectivity index (χ0v) is 9.95. The number of rotatable bonds is 3. The number of hydrogen-bond acceptors (Lipinski definition) is 4. The van der Waals surface area contributed by atoms with Crippen LogP contribution < -0.4 is 4.74 Å². The molecule has 0 radical (unpaired) electrons. The molecule has 0 saturated heterocycles. The molecular weight excluding hydrogens is 228 g/mol. The van der Waals surface area contributed by atoms with Gasteiger partial charge in [0.2, 0.25) is 5.88 Å². The van der Waals surface area contributed by atoms with Crippen LogP contribution in [-0.4, -0.2) is 26.4 Å². The third-order valence-electron chi connectivity index (χ3n) is 2.55. The van der Waals surface area contributed by atoms with Gasteiger partial charge >= 0.3 is 0 Å². The molecule has 3 rings (SSSR count). The van der Waals surface area contributed by atoms with E-state index in [-0.39, 0.29) is 0 Å². The zero-order valence-electron chi connectivity index (χ0n) is 9.95. The highest BCUT2D eigenvalue weighted by atomic mass is 16.5. The summed E-state index contributed by atoms with van der Waals surface area (Å²) in [6, 6.07) is 9.85. The van der Waals surface area contributed by atoms with Gasteiger partial charge in [0.25, 0.3) is 0 Å². The van der Waals surface area contributed by atoms with Crippen molar-refractivity contribution in [1.29, 1.82) is 0 Å². The minimum absolute atomic E-state index is 0.526. The third kappa shape index (κ3) is 1.79. The SMILES string of the molecule is CCOc1cnc2c(cnn2-c2ccccc2)n1. The molecule has 1 aromatic carbocycles. The van der Waals surface area contributed by atoms with Gasteiger partial charge in [0, 0.05) is 0 Å². The van der Waals surface area contributed by atoms with Crippen LogP contribution >= 0.6 is 0 Å². The molecule has 18 heavy (non-hydrogen) atoms. The average Bonchev–Trinajstić information content (AvgIpc) is 2.83. The van der Waals surface area contributed by atoms with Crippen LogP contribution in [0.15, 0.2) is 42.7 Å². The fraction of sp³-hybridized carbons (Fsp3) is 0.154. The molecule has 0 unspecified atom stereocenters. The lowest BCUT2D eigenvalue weighted by Crippen LogP contribution is -1.99. The first-order chi connectivity index (χ1) is 8.88. The van der Waals surface area contributed by atoms with Gasteiger partial charge in [-0.25, -0.2) is 14.6 Å². The molecule has 5 heteroatoms.